The van der Waals surface area contributed by atoms with E-state index in [4.69, 9.17) is 4.74 Å². The molecule has 28 heavy (non-hydrogen) atoms. The third kappa shape index (κ3) is 4.07. The number of carbonyl (C=O) groups excluding carboxylic acids is 1. The van der Waals surface area contributed by atoms with Crippen LogP contribution in [-0.2, 0) is 24.9 Å². The Bertz CT molecular complexity index is 937. The summed E-state index contributed by atoms with van der Waals surface area (Å²) in [5, 5.41) is 1.48. The van der Waals surface area contributed by atoms with Crippen LogP contribution in [0, 0.1) is 11.6 Å². The Kier molecular flexibility index (Phi) is 5.81. The number of hydrogen-bond acceptors (Lipinski definition) is 4. The number of ether oxygens (including phenoxy) is 1. The van der Waals surface area contributed by atoms with Crippen LogP contribution in [0.1, 0.15) is 25.3 Å². The molecule has 150 valence electrons. The fourth-order valence-electron chi connectivity index (χ4n) is 3.28. The van der Waals surface area contributed by atoms with Crippen molar-refractivity contribution in [2.45, 2.75) is 35.4 Å². The van der Waals surface area contributed by atoms with Gasteiger partial charge in [0.2, 0.25) is 5.91 Å². The maximum absolute atomic E-state index is 13.3. The van der Waals surface area contributed by atoms with Gasteiger partial charge in [-0.1, -0.05) is 12.1 Å². The van der Waals surface area contributed by atoms with E-state index in [1.807, 2.05) is 0 Å². The minimum absolute atomic E-state index is 0.126. The molecule has 5 nitrogen and oxygen atoms in total. The summed E-state index contributed by atoms with van der Waals surface area (Å²) in [6, 6.07) is 10.1. The van der Waals surface area contributed by atoms with E-state index in [1.165, 1.54) is 19.1 Å². The number of hydrogen-bond donors (Lipinski definition) is 1. The average molecular weight is 409 g/mol. The molecule has 1 fully saturated rings. The molecule has 2 aromatic rings. The molecular weight excluding hydrogens is 388 g/mol. The van der Waals surface area contributed by atoms with Crippen LogP contribution in [0.4, 0.5) is 8.78 Å². The second-order valence-corrected chi connectivity index (χ2v) is 9.10. The number of sulfone groups is 1. The standard InChI is InChI=1S/C20H21F2NO4S/c1-14(28(25,26)18-8-6-17(22)7-9-18)19(24)23-20(10-12-27-13-11-20)15-2-4-16(21)5-3-15/h2-9,14H,10-13H2,1H3,(H,23,24). The monoisotopic (exact) mass is 409 g/mol. The number of benzene rings is 2. The maximum atomic E-state index is 13.3. The Morgan fingerprint density at radius 1 is 1.00 bits per heavy atom. The van der Waals surface area contributed by atoms with Gasteiger partial charge in [-0.2, -0.15) is 0 Å². The topological polar surface area (TPSA) is 72.5 Å². The summed E-state index contributed by atoms with van der Waals surface area (Å²) in [7, 11) is -3.99. The van der Waals surface area contributed by atoms with Gasteiger partial charge < -0.3 is 10.1 Å². The van der Waals surface area contributed by atoms with Crippen LogP contribution < -0.4 is 5.32 Å². The fourth-order valence-corrected chi connectivity index (χ4v) is 4.55. The van der Waals surface area contributed by atoms with Gasteiger partial charge in [-0.3, -0.25) is 4.79 Å². The Hall–Kier alpha value is -2.32. The van der Waals surface area contributed by atoms with E-state index in [-0.39, 0.29) is 4.90 Å². The van der Waals surface area contributed by atoms with Gasteiger partial charge in [0.1, 0.15) is 16.9 Å². The molecule has 1 unspecified atom stereocenters. The first-order valence-electron chi connectivity index (χ1n) is 8.90. The van der Waals surface area contributed by atoms with E-state index in [0.29, 0.717) is 31.6 Å². The molecule has 1 N–H and O–H groups in total. The molecule has 0 aromatic heterocycles. The summed E-state index contributed by atoms with van der Waals surface area (Å²) in [6.45, 7) is 2.07. The lowest BCUT2D eigenvalue weighted by molar-refractivity contribution is -0.123. The van der Waals surface area contributed by atoms with Gasteiger partial charge in [0, 0.05) is 13.2 Å². The van der Waals surface area contributed by atoms with E-state index in [1.54, 1.807) is 12.1 Å². The Morgan fingerprint density at radius 2 is 1.50 bits per heavy atom. The molecule has 0 radical (unpaired) electrons. The Labute approximate surface area is 162 Å². The molecule has 1 aliphatic rings. The van der Waals surface area contributed by atoms with E-state index in [2.05, 4.69) is 5.32 Å². The van der Waals surface area contributed by atoms with Crippen molar-refractivity contribution in [3.8, 4) is 0 Å². The first kappa shape index (κ1) is 20.4. The van der Waals surface area contributed by atoms with Crippen molar-refractivity contribution in [1.82, 2.24) is 5.32 Å². The van der Waals surface area contributed by atoms with E-state index in [9.17, 15) is 22.0 Å². The lowest BCUT2D eigenvalue weighted by Gasteiger charge is -2.39. The smallest absolute Gasteiger partial charge is 0.239 e. The third-order valence-electron chi connectivity index (χ3n) is 5.08. The normalized spacial score (nSPS) is 17.7. The zero-order chi connectivity index (χ0) is 20.4. The Morgan fingerprint density at radius 3 is 2.04 bits per heavy atom. The molecule has 0 spiro atoms. The Balaban J connectivity index is 1.87. The summed E-state index contributed by atoms with van der Waals surface area (Å²) >= 11 is 0. The average Bonchev–Trinajstić information content (AvgIpc) is 2.68. The second kappa shape index (κ2) is 7.97. The predicted molar refractivity (Wildman–Crippen MR) is 99.3 cm³/mol. The van der Waals surface area contributed by atoms with Gasteiger partial charge in [-0.15, -0.1) is 0 Å². The SMILES string of the molecule is CC(C(=O)NC1(c2ccc(F)cc2)CCOCC1)S(=O)(=O)c1ccc(F)cc1. The van der Waals surface area contributed by atoms with Gasteiger partial charge in [0.05, 0.1) is 10.4 Å². The zero-order valence-corrected chi connectivity index (χ0v) is 16.1. The number of rotatable bonds is 5. The van der Waals surface area contributed by atoms with Gasteiger partial charge >= 0.3 is 0 Å². The first-order chi connectivity index (χ1) is 13.2. The molecule has 0 bridgehead atoms. The molecule has 1 saturated heterocycles. The number of nitrogens with one attached hydrogen (secondary N) is 1. The molecule has 1 aliphatic heterocycles. The minimum Gasteiger partial charge on any atom is -0.381 e. The highest BCUT2D eigenvalue weighted by Crippen LogP contribution is 2.33. The molecule has 1 heterocycles. The van der Waals surface area contributed by atoms with Crippen LogP contribution in [0.2, 0.25) is 0 Å². The minimum atomic E-state index is -3.99. The molecule has 3 rings (SSSR count). The summed E-state index contributed by atoms with van der Waals surface area (Å²) in [6.07, 6.45) is 0.876. The lowest BCUT2D eigenvalue weighted by atomic mass is 9.82. The van der Waals surface area contributed by atoms with Crippen LogP contribution in [0.5, 0.6) is 0 Å². The van der Waals surface area contributed by atoms with E-state index >= 15 is 0 Å². The van der Waals surface area contributed by atoms with Crippen molar-refractivity contribution in [3.05, 3.63) is 65.7 Å². The summed E-state index contributed by atoms with van der Waals surface area (Å²) in [5.74, 6) is -1.63. The molecule has 1 amide bonds. The summed E-state index contributed by atoms with van der Waals surface area (Å²) in [5.41, 5.74) is -0.146. The van der Waals surface area contributed by atoms with Gasteiger partial charge in [0.15, 0.2) is 9.84 Å². The second-order valence-electron chi connectivity index (χ2n) is 6.83. The van der Waals surface area contributed by atoms with Crippen LogP contribution in [0.15, 0.2) is 53.4 Å². The van der Waals surface area contributed by atoms with Crippen molar-refractivity contribution in [2.75, 3.05) is 13.2 Å². The third-order valence-corrected chi connectivity index (χ3v) is 7.16. The highest BCUT2D eigenvalue weighted by molar-refractivity contribution is 7.92. The van der Waals surface area contributed by atoms with Crippen LogP contribution in [0.25, 0.3) is 0 Å². The van der Waals surface area contributed by atoms with Crippen molar-refractivity contribution in [2.24, 2.45) is 0 Å². The lowest BCUT2D eigenvalue weighted by Crippen LogP contribution is -2.53. The highest BCUT2D eigenvalue weighted by atomic mass is 32.2. The van der Waals surface area contributed by atoms with Gasteiger partial charge in [-0.25, -0.2) is 17.2 Å². The fraction of sp³-hybridized carbons (Fsp3) is 0.350. The number of amides is 1. The van der Waals surface area contributed by atoms with Crippen molar-refractivity contribution in [1.29, 1.82) is 0 Å². The largest absolute Gasteiger partial charge is 0.381 e. The van der Waals surface area contributed by atoms with Crippen molar-refractivity contribution in [3.63, 3.8) is 0 Å². The molecular formula is C20H21F2NO4S. The summed E-state index contributed by atoms with van der Waals surface area (Å²) in [4.78, 5) is 12.7. The quantitative estimate of drug-likeness (QED) is 0.771. The van der Waals surface area contributed by atoms with Crippen LogP contribution >= 0.6 is 0 Å². The van der Waals surface area contributed by atoms with Crippen LogP contribution in [0.3, 0.4) is 0 Å². The highest BCUT2D eigenvalue weighted by Gasteiger charge is 2.39. The zero-order valence-electron chi connectivity index (χ0n) is 15.3. The molecule has 2 aromatic carbocycles. The molecule has 0 aliphatic carbocycles. The van der Waals surface area contributed by atoms with E-state index < -0.39 is 38.2 Å². The molecule has 1 atom stereocenters. The molecule has 0 saturated carbocycles. The van der Waals surface area contributed by atoms with E-state index in [0.717, 1.165) is 24.3 Å². The first-order valence-corrected chi connectivity index (χ1v) is 10.4. The summed E-state index contributed by atoms with van der Waals surface area (Å²) < 4.78 is 57.3. The van der Waals surface area contributed by atoms with Gasteiger partial charge in [0.25, 0.3) is 0 Å². The number of carbonyl (C=O) groups is 1. The number of halogens is 2. The maximum Gasteiger partial charge on any atom is 0.239 e. The van der Waals surface area contributed by atoms with Crippen LogP contribution in [-0.4, -0.2) is 32.8 Å². The predicted octanol–water partition coefficient (Wildman–Crippen LogP) is 2.95. The van der Waals surface area contributed by atoms with Crippen molar-refractivity contribution >= 4 is 15.7 Å². The molecule has 8 heteroatoms. The van der Waals surface area contributed by atoms with Crippen molar-refractivity contribution < 1.29 is 26.7 Å². The van der Waals surface area contributed by atoms with Gasteiger partial charge in [-0.05, 0) is 61.7 Å².